The number of phenols is 2. The highest BCUT2D eigenvalue weighted by Crippen LogP contribution is 2.35. The Labute approximate surface area is 230 Å². The molecule has 9 heteroatoms. The molecule has 1 aliphatic rings. The van der Waals surface area contributed by atoms with Gasteiger partial charge in [-0.1, -0.05) is 44.2 Å². The van der Waals surface area contributed by atoms with Crippen molar-refractivity contribution in [3.05, 3.63) is 95.4 Å². The summed E-state index contributed by atoms with van der Waals surface area (Å²) in [5.74, 6) is 0.0337. The van der Waals surface area contributed by atoms with Gasteiger partial charge in [0.1, 0.15) is 11.4 Å². The number of carbonyl (C=O) groups excluding carboxylic acids is 1. The second kappa shape index (κ2) is 11.4. The van der Waals surface area contributed by atoms with Gasteiger partial charge in [0.2, 0.25) is 0 Å². The molecule has 1 atom stereocenters. The summed E-state index contributed by atoms with van der Waals surface area (Å²) in [5, 5.41) is 22.2. The van der Waals surface area contributed by atoms with Gasteiger partial charge in [0.25, 0.3) is 5.91 Å². The Hall–Kier alpha value is -3.92. The topological polar surface area (TPSA) is 122 Å². The molecule has 200 valence electrons. The average molecular weight is 543 g/mol. The van der Waals surface area contributed by atoms with Gasteiger partial charge in [-0.2, -0.15) is 0 Å². The number of benzene rings is 2. The van der Waals surface area contributed by atoms with Crippen LogP contribution in [0.2, 0.25) is 0 Å². The maximum absolute atomic E-state index is 13.2. The molecule has 1 amide bonds. The fraction of sp³-hybridized carbons (Fsp3) is 0.233. The van der Waals surface area contributed by atoms with Crippen LogP contribution < -0.4 is 5.32 Å². The summed E-state index contributed by atoms with van der Waals surface area (Å²) < 4.78 is 15.0. The number of aromatic hydroxyl groups is 2. The lowest BCUT2D eigenvalue weighted by Crippen LogP contribution is -2.30. The number of hydrogen-bond acceptors (Lipinski definition) is 7. The minimum Gasteiger partial charge on any atom is -0.598 e. The zero-order valence-electron chi connectivity index (χ0n) is 21.8. The first-order valence-electron chi connectivity index (χ1n) is 12.7. The molecule has 0 radical (unpaired) electrons. The Morgan fingerprint density at radius 2 is 1.82 bits per heavy atom. The van der Waals surface area contributed by atoms with E-state index in [9.17, 15) is 19.6 Å². The van der Waals surface area contributed by atoms with Gasteiger partial charge < -0.3 is 20.1 Å². The predicted octanol–water partition coefficient (Wildman–Crippen LogP) is 4.79. The molecule has 8 nitrogen and oxygen atoms in total. The van der Waals surface area contributed by atoms with E-state index in [0.717, 1.165) is 27.8 Å². The first kappa shape index (κ1) is 26.7. The van der Waals surface area contributed by atoms with E-state index in [1.54, 1.807) is 24.5 Å². The molecule has 2 aromatic carbocycles. The fourth-order valence-electron chi connectivity index (χ4n) is 4.59. The molecule has 0 aliphatic carbocycles. The number of phenolic OH excluding ortho intramolecular Hbond substituents is 2. The van der Waals surface area contributed by atoms with Crippen LogP contribution in [0.5, 0.6) is 11.5 Å². The second-order valence-corrected chi connectivity index (χ2v) is 11.5. The van der Waals surface area contributed by atoms with Gasteiger partial charge in [0, 0.05) is 47.0 Å². The Kier molecular flexibility index (Phi) is 7.83. The molecule has 3 heterocycles. The normalized spacial score (nSPS) is 13.8. The number of fused-ring (bicyclic) bond motifs is 1. The third-order valence-corrected chi connectivity index (χ3v) is 8.30. The van der Waals surface area contributed by atoms with Crippen molar-refractivity contribution in [1.29, 1.82) is 0 Å². The second-order valence-electron chi connectivity index (χ2n) is 10.0. The van der Waals surface area contributed by atoms with Crippen LogP contribution >= 0.6 is 0 Å². The van der Waals surface area contributed by atoms with Crippen molar-refractivity contribution in [2.75, 3.05) is 5.75 Å². The highest BCUT2D eigenvalue weighted by atomic mass is 32.2. The molecule has 0 unspecified atom stereocenters. The van der Waals surface area contributed by atoms with Crippen molar-refractivity contribution in [3.8, 4) is 33.9 Å². The van der Waals surface area contributed by atoms with Gasteiger partial charge in [0.15, 0.2) is 11.5 Å². The van der Waals surface area contributed by atoms with Crippen LogP contribution in [0.25, 0.3) is 22.4 Å². The van der Waals surface area contributed by atoms with E-state index >= 15 is 0 Å². The lowest BCUT2D eigenvalue weighted by atomic mass is 9.98. The minimum absolute atomic E-state index is 0.155. The Morgan fingerprint density at radius 3 is 2.56 bits per heavy atom. The lowest BCUT2D eigenvalue weighted by Gasteiger charge is -2.20. The molecule has 2 aromatic heterocycles. The summed E-state index contributed by atoms with van der Waals surface area (Å²) in [7, 11) is 0. The van der Waals surface area contributed by atoms with Gasteiger partial charge in [0.05, 0.1) is 18.8 Å². The summed E-state index contributed by atoms with van der Waals surface area (Å²) in [6.07, 6.45) is 3.54. The Balaban J connectivity index is 1.49. The van der Waals surface area contributed by atoms with Crippen molar-refractivity contribution in [2.24, 2.45) is 5.92 Å². The maximum Gasteiger partial charge on any atom is 0.270 e. The van der Waals surface area contributed by atoms with Gasteiger partial charge in [-0.05, 0) is 52.9 Å². The van der Waals surface area contributed by atoms with E-state index in [1.807, 2.05) is 54.6 Å². The monoisotopic (exact) mass is 542 g/mol. The van der Waals surface area contributed by atoms with Crippen LogP contribution in [-0.4, -0.2) is 40.7 Å². The van der Waals surface area contributed by atoms with E-state index in [0.29, 0.717) is 36.0 Å². The summed E-state index contributed by atoms with van der Waals surface area (Å²) in [4.78, 5) is 22.3. The van der Waals surface area contributed by atoms with Crippen LogP contribution in [0.4, 0.5) is 0 Å². The van der Waals surface area contributed by atoms with Crippen molar-refractivity contribution >= 4 is 17.3 Å². The van der Waals surface area contributed by atoms with Gasteiger partial charge >= 0.3 is 0 Å². The molecule has 1 aliphatic heterocycles. The van der Waals surface area contributed by atoms with Crippen molar-refractivity contribution in [1.82, 2.24) is 19.6 Å². The molecule has 5 rings (SSSR count). The highest BCUT2D eigenvalue weighted by molar-refractivity contribution is 7.89. The first-order valence-corrected chi connectivity index (χ1v) is 14.0. The molecule has 0 saturated carbocycles. The number of carbonyl (C=O) groups is 1. The van der Waals surface area contributed by atoms with E-state index in [-0.39, 0.29) is 29.6 Å². The molecule has 0 spiro atoms. The van der Waals surface area contributed by atoms with Gasteiger partial charge in [-0.15, -0.1) is 4.31 Å². The van der Waals surface area contributed by atoms with Crippen LogP contribution in [0.3, 0.4) is 0 Å². The van der Waals surface area contributed by atoms with Gasteiger partial charge in [-0.25, -0.2) is 4.98 Å². The number of aromatic nitrogens is 2. The van der Waals surface area contributed by atoms with E-state index in [4.69, 9.17) is 4.98 Å². The summed E-state index contributed by atoms with van der Waals surface area (Å²) >= 11 is -1.15. The number of amides is 1. The smallest absolute Gasteiger partial charge is 0.270 e. The van der Waals surface area contributed by atoms with E-state index < -0.39 is 11.4 Å². The highest BCUT2D eigenvalue weighted by Gasteiger charge is 2.32. The predicted molar refractivity (Wildman–Crippen MR) is 151 cm³/mol. The largest absolute Gasteiger partial charge is 0.598 e. The Bertz CT molecular complexity index is 1500. The lowest BCUT2D eigenvalue weighted by molar-refractivity contribution is 0.0946. The zero-order valence-corrected chi connectivity index (χ0v) is 22.6. The number of pyridine rings is 2. The third kappa shape index (κ3) is 6.06. The number of hydrogen-bond donors (Lipinski definition) is 3. The van der Waals surface area contributed by atoms with Crippen molar-refractivity contribution in [3.63, 3.8) is 0 Å². The SMILES string of the molecule is CC(C)C[S@@+]([O-])N1Cc2cc(C(=O)NCc3ccc(O)c(O)c3)nc(-c3cccc(-c4cccnc4)c3)c2C1. The summed E-state index contributed by atoms with van der Waals surface area (Å²) in [5.41, 5.74) is 6.30. The average Bonchev–Trinajstić information content (AvgIpc) is 3.38. The molecular formula is C30H30N4O4S. The summed E-state index contributed by atoms with van der Waals surface area (Å²) in [6.45, 7) is 5.21. The first-order chi connectivity index (χ1) is 18.8. The molecule has 0 fully saturated rings. The van der Waals surface area contributed by atoms with Crippen molar-refractivity contribution in [2.45, 2.75) is 33.5 Å². The number of rotatable bonds is 8. The molecule has 4 aromatic rings. The third-order valence-electron chi connectivity index (χ3n) is 6.52. The zero-order chi connectivity index (χ0) is 27.5. The van der Waals surface area contributed by atoms with Crippen molar-refractivity contribution < 1.29 is 19.6 Å². The quantitative estimate of drug-likeness (QED) is 0.216. The van der Waals surface area contributed by atoms with Crippen LogP contribution in [0.15, 0.2) is 73.1 Å². The van der Waals surface area contributed by atoms with Crippen LogP contribution in [-0.2, 0) is 31.0 Å². The number of nitrogens with zero attached hydrogens (tertiary/aromatic N) is 3. The number of nitrogens with one attached hydrogen (secondary N) is 1. The standard InChI is InChI=1S/C30H30N4O4S/c1-19(2)18-39(38)34-16-24-13-26(30(37)32-14-20-8-9-27(35)28(36)11-20)33-29(25(24)17-34)22-6-3-5-21(12-22)23-7-4-10-31-15-23/h3-13,15,19,35-36H,14,16-18H2,1-2H3,(H,32,37)/t39-/m1/s1. The van der Waals surface area contributed by atoms with E-state index in [2.05, 4.69) is 10.3 Å². The fourth-order valence-corrected chi connectivity index (χ4v) is 5.92. The van der Waals surface area contributed by atoms with E-state index in [1.165, 1.54) is 12.1 Å². The summed E-state index contributed by atoms with van der Waals surface area (Å²) in [6, 6.07) is 18.0. The molecular weight excluding hydrogens is 512 g/mol. The Morgan fingerprint density at radius 1 is 1.03 bits per heavy atom. The molecule has 39 heavy (non-hydrogen) atoms. The molecule has 0 bridgehead atoms. The van der Waals surface area contributed by atoms with Crippen LogP contribution in [0.1, 0.15) is 41.0 Å². The molecule has 0 saturated heterocycles. The van der Waals surface area contributed by atoms with Crippen LogP contribution in [0, 0.1) is 5.92 Å². The minimum atomic E-state index is -1.15. The van der Waals surface area contributed by atoms with Gasteiger partial charge in [-0.3, -0.25) is 9.78 Å². The molecule has 3 N–H and O–H groups in total. The maximum atomic E-state index is 13.2.